The third-order valence-electron chi connectivity index (χ3n) is 0.379. The fourth-order valence-corrected chi connectivity index (χ4v) is 0.524. The minimum Gasteiger partial charge on any atom is -0.306 e. The Morgan fingerprint density at radius 1 is 1.71 bits per heavy atom. The van der Waals surface area contributed by atoms with Crippen molar-refractivity contribution < 1.29 is 8.76 Å². The minimum absolute atomic E-state index is 0. The molecule has 0 fully saturated rings. The summed E-state index contributed by atoms with van der Waals surface area (Å²) in [7, 11) is 0. The van der Waals surface area contributed by atoms with Gasteiger partial charge in [0.2, 0.25) is 0 Å². The second-order valence-corrected chi connectivity index (χ2v) is 2.08. The third-order valence-corrected chi connectivity index (χ3v) is 1.14. The van der Waals surface area contributed by atoms with Gasteiger partial charge in [0.1, 0.15) is 0 Å². The van der Waals surface area contributed by atoms with E-state index in [0.29, 0.717) is 5.75 Å². The van der Waals surface area contributed by atoms with Crippen molar-refractivity contribution in [3.05, 3.63) is 0 Å². The van der Waals surface area contributed by atoms with E-state index in [2.05, 4.69) is 0 Å². The molecule has 0 aromatic rings. The van der Waals surface area contributed by atoms with Gasteiger partial charge in [0.15, 0.2) is 11.1 Å². The molecule has 1 atom stereocenters. The smallest absolute Gasteiger partial charge is 0.152 e. The van der Waals surface area contributed by atoms with E-state index in [1.165, 1.54) is 0 Å². The van der Waals surface area contributed by atoms with E-state index in [1.807, 2.05) is 6.92 Å². The van der Waals surface area contributed by atoms with Crippen LogP contribution in [0.5, 0.6) is 0 Å². The van der Waals surface area contributed by atoms with Crippen LogP contribution in [-0.2, 0) is 11.1 Å². The molecule has 0 bridgehead atoms. The largest absolute Gasteiger partial charge is 0.306 e. The van der Waals surface area contributed by atoms with Crippen LogP contribution in [0.4, 0.5) is 0 Å². The second kappa shape index (κ2) is 6.71. The van der Waals surface area contributed by atoms with Crippen LogP contribution in [-0.4, -0.2) is 33.4 Å². The molecule has 0 heterocycles. The van der Waals surface area contributed by atoms with Gasteiger partial charge in [-0.05, 0) is 6.42 Å². The predicted octanol–water partition coefficient (Wildman–Crippen LogP) is 0.237. The van der Waals surface area contributed by atoms with Crippen molar-refractivity contribution in [1.82, 2.24) is 0 Å². The van der Waals surface area contributed by atoms with Gasteiger partial charge in [-0.3, -0.25) is 0 Å². The molecule has 0 aliphatic carbocycles. The second-order valence-electron chi connectivity index (χ2n) is 1.03. The maximum atomic E-state index is 9.71. The zero-order chi connectivity index (χ0) is 4.99. The number of hydrogen-bond acceptors (Lipinski definition) is 1. The summed E-state index contributed by atoms with van der Waals surface area (Å²) in [6.45, 7) is 1.87. The van der Waals surface area contributed by atoms with Gasteiger partial charge in [-0.25, -0.2) is 4.21 Å². The number of hydrogen-bond donors (Lipinski definition) is 1. The molecule has 0 saturated heterocycles. The fourth-order valence-electron chi connectivity index (χ4n) is 0.175. The molecule has 39 valence electrons. The Morgan fingerprint density at radius 2 is 2.14 bits per heavy atom. The van der Waals surface area contributed by atoms with Gasteiger partial charge in [0.25, 0.3) is 0 Å². The first-order valence-electron chi connectivity index (χ1n) is 1.85. The molecule has 1 radical (unpaired) electrons. The first kappa shape index (κ1) is 10.6. The van der Waals surface area contributed by atoms with E-state index in [1.54, 1.807) is 0 Å². The van der Waals surface area contributed by atoms with Crippen molar-refractivity contribution in [3.63, 3.8) is 0 Å². The third kappa shape index (κ3) is 10.8. The van der Waals surface area contributed by atoms with E-state index in [-0.39, 0.29) is 18.9 Å². The maximum absolute atomic E-state index is 9.71. The molecule has 0 aromatic heterocycles. The molecule has 0 aliphatic heterocycles. The topological polar surface area (TPSA) is 37.3 Å². The van der Waals surface area contributed by atoms with Crippen molar-refractivity contribution in [3.8, 4) is 0 Å². The quantitative estimate of drug-likeness (QED) is 0.413. The predicted molar refractivity (Wildman–Crippen MR) is 31.7 cm³/mol. The van der Waals surface area contributed by atoms with Gasteiger partial charge in [0.05, 0.1) is 0 Å². The standard InChI is InChI=1S/C3H8O2S.Li/c1-2-3-6(4)5;/h2-3H2,1H3,(H,4,5);. The van der Waals surface area contributed by atoms with E-state index >= 15 is 0 Å². The van der Waals surface area contributed by atoms with Crippen molar-refractivity contribution in [2.75, 3.05) is 5.75 Å². The zero-order valence-electron chi connectivity index (χ0n) is 4.68. The molecule has 0 aromatic carbocycles. The van der Waals surface area contributed by atoms with Gasteiger partial charge in [-0.1, -0.05) is 6.92 Å². The van der Waals surface area contributed by atoms with E-state index in [4.69, 9.17) is 4.55 Å². The van der Waals surface area contributed by atoms with Crippen LogP contribution in [0.25, 0.3) is 0 Å². The molecule has 1 unspecified atom stereocenters. The Kier molecular flexibility index (Phi) is 10.2. The molecular weight excluding hydrogens is 107 g/mol. The first-order valence-corrected chi connectivity index (χ1v) is 3.12. The number of rotatable bonds is 2. The molecule has 0 saturated carbocycles. The molecule has 2 nitrogen and oxygen atoms in total. The van der Waals surface area contributed by atoms with Gasteiger partial charge in [-0.15, -0.1) is 0 Å². The van der Waals surface area contributed by atoms with Crippen LogP contribution in [0.2, 0.25) is 0 Å². The SMILES string of the molecule is CCCS(=O)O.[Li]. The molecule has 7 heavy (non-hydrogen) atoms. The van der Waals surface area contributed by atoms with Crippen LogP contribution in [0, 0.1) is 0 Å². The average Bonchev–Trinajstić information content (AvgIpc) is 1.35. The first-order chi connectivity index (χ1) is 2.77. The van der Waals surface area contributed by atoms with Gasteiger partial charge in [0, 0.05) is 24.6 Å². The Hall–Kier alpha value is 0.707. The van der Waals surface area contributed by atoms with E-state index in [9.17, 15) is 4.21 Å². The normalized spacial score (nSPS) is 12.3. The summed E-state index contributed by atoms with van der Waals surface area (Å²) < 4.78 is 17.7. The Labute approximate surface area is 58.1 Å². The maximum Gasteiger partial charge on any atom is 0.152 e. The Bertz CT molecular complexity index is 56.9. The van der Waals surface area contributed by atoms with Crippen molar-refractivity contribution in [1.29, 1.82) is 0 Å². The Balaban J connectivity index is 0. The molecule has 0 spiro atoms. The van der Waals surface area contributed by atoms with Crippen LogP contribution in [0.15, 0.2) is 0 Å². The van der Waals surface area contributed by atoms with Crippen molar-refractivity contribution >= 4 is 29.9 Å². The summed E-state index contributed by atoms with van der Waals surface area (Å²) in [5.74, 6) is 0.403. The Morgan fingerprint density at radius 3 is 2.14 bits per heavy atom. The van der Waals surface area contributed by atoms with Crippen LogP contribution >= 0.6 is 0 Å². The zero-order valence-corrected chi connectivity index (χ0v) is 5.49. The van der Waals surface area contributed by atoms with Gasteiger partial charge < -0.3 is 4.55 Å². The van der Waals surface area contributed by atoms with Crippen LogP contribution in [0.3, 0.4) is 0 Å². The monoisotopic (exact) mass is 115 g/mol. The van der Waals surface area contributed by atoms with Gasteiger partial charge in [-0.2, -0.15) is 0 Å². The van der Waals surface area contributed by atoms with Gasteiger partial charge >= 0.3 is 0 Å². The molecular formula is C3H8LiO2S. The summed E-state index contributed by atoms with van der Waals surface area (Å²) in [6.07, 6.45) is 0.781. The molecule has 1 N–H and O–H groups in total. The van der Waals surface area contributed by atoms with E-state index < -0.39 is 11.1 Å². The molecule has 4 heteroatoms. The fraction of sp³-hybridized carbons (Fsp3) is 1.00. The minimum atomic E-state index is -1.57. The molecule has 0 amide bonds. The molecule has 0 aliphatic rings. The van der Waals surface area contributed by atoms with Crippen LogP contribution < -0.4 is 0 Å². The van der Waals surface area contributed by atoms with E-state index in [0.717, 1.165) is 6.42 Å². The van der Waals surface area contributed by atoms with Crippen molar-refractivity contribution in [2.45, 2.75) is 13.3 Å². The summed E-state index contributed by atoms with van der Waals surface area (Å²) >= 11 is -1.57. The molecule has 0 rings (SSSR count). The summed E-state index contributed by atoms with van der Waals surface area (Å²) in [4.78, 5) is 0. The van der Waals surface area contributed by atoms with Crippen LogP contribution in [0.1, 0.15) is 13.3 Å². The summed E-state index contributed by atoms with van der Waals surface area (Å²) in [6, 6.07) is 0. The van der Waals surface area contributed by atoms with Crippen molar-refractivity contribution in [2.24, 2.45) is 0 Å². The average molecular weight is 115 g/mol. The summed E-state index contributed by atoms with van der Waals surface area (Å²) in [5.41, 5.74) is 0. The summed E-state index contributed by atoms with van der Waals surface area (Å²) in [5, 5.41) is 0.